The van der Waals surface area contributed by atoms with Crippen molar-refractivity contribution in [1.82, 2.24) is 4.90 Å². The Hall–Kier alpha value is -2.68. The van der Waals surface area contributed by atoms with Crippen molar-refractivity contribution in [2.24, 2.45) is 10.4 Å². The number of carbonyl (C=O) groups is 2. The van der Waals surface area contributed by atoms with E-state index in [4.69, 9.17) is 4.74 Å². The number of rotatable bonds is 4. The maximum absolute atomic E-state index is 13.1. The van der Waals surface area contributed by atoms with Gasteiger partial charge in [-0.1, -0.05) is 6.08 Å². The highest BCUT2D eigenvalue weighted by atomic mass is 19.4. The number of aldehydes is 1. The number of ether oxygens (including phenoxy) is 1. The van der Waals surface area contributed by atoms with E-state index >= 15 is 0 Å². The van der Waals surface area contributed by atoms with Crippen LogP contribution in [-0.2, 0) is 9.53 Å². The Balaban J connectivity index is 1.78. The maximum Gasteiger partial charge on any atom is 0.505 e. The number of aliphatic imine (C=N–C) groups is 1. The SMILES string of the molecule is C/C=C(/C(=O)Nc1ccc(C=O)cc1)C(=NC(F)(F)F)N1CC2(CCOCC2)C1. The van der Waals surface area contributed by atoms with Crippen molar-refractivity contribution in [3.8, 4) is 0 Å². The van der Waals surface area contributed by atoms with E-state index in [0.29, 0.717) is 43.8 Å². The van der Waals surface area contributed by atoms with Crippen LogP contribution in [0.25, 0.3) is 0 Å². The summed E-state index contributed by atoms with van der Waals surface area (Å²) in [5, 5.41) is 2.57. The number of nitrogens with zero attached hydrogens (tertiary/aromatic N) is 2. The predicted octanol–water partition coefficient (Wildman–Crippen LogP) is 3.41. The third-order valence-corrected chi connectivity index (χ3v) is 5.22. The lowest BCUT2D eigenvalue weighted by molar-refractivity contribution is -0.122. The largest absolute Gasteiger partial charge is 0.505 e. The molecule has 0 aliphatic carbocycles. The molecule has 0 atom stereocenters. The van der Waals surface area contributed by atoms with Crippen molar-refractivity contribution in [3.63, 3.8) is 0 Å². The van der Waals surface area contributed by atoms with Gasteiger partial charge in [0, 0.05) is 43.0 Å². The van der Waals surface area contributed by atoms with Gasteiger partial charge in [0.05, 0.1) is 5.57 Å². The van der Waals surface area contributed by atoms with Gasteiger partial charge in [0.2, 0.25) is 0 Å². The van der Waals surface area contributed by atoms with Gasteiger partial charge in [-0.05, 0) is 44.0 Å². The first kappa shape index (κ1) is 21.0. The molecule has 1 aromatic carbocycles. The third-order valence-electron chi connectivity index (χ3n) is 5.22. The number of amides is 1. The average Bonchev–Trinajstić information content (AvgIpc) is 2.66. The van der Waals surface area contributed by atoms with E-state index in [9.17, 15) is 22.8 Å². The van der Waals surface area contributed by atoms with Crippen molar-refractivity contribution in [3.05, 3.63) is 41.5 Å². The van der Waals surface area contributed by atoms with Gasteiger partial charge in [-0.15, -0.1) is 13.2 Å². The molecule has 1 amide bonds. The second-order valence-electron chi connectivity index (χ2n) is 7.27. The Morgan fingerprint density at radius 3 is 2.34 bits per heavy atom. The van der Waals surface area contributed by atoms with Crippen LogP contribution in [0, 0.1) is 5.41 Å². The number of likely N-dealkylation sites (tertiary alicyclic amines) is 1. The highest BCUT2D eigenvalue weighted by Crippen LogP contribution is 2.41. The van der Waals surface area contributed by atoms with E-state index < -0.39 is 12.2 Å². The normalized spacial score (nSPS) is 19.7. The summed E-state index contributed by atoms with van der Waals surface area (Å²) in [6.07, 6.45) is -1.25. The van der Waals surface area contributed by atoms with Crippen LogP contribution < -0.4 is 5.32 Å². The lowest BCUT2D eigenvalue weighted by atomic mass is 9.73. The van der Waals surface area contributed by atoms with Gasteiger partial charge in [0.1, 0.15) is 12.1 Å². The van der Waals surface area contributed by atoms with Crippen LogP contribution >= 0.6 is 0 Å². The van der Waals surface area contributed by atoms with Gasteiger partial charge in [-0.3, -0.25) is 9.59 Å². The lowest BCUT2D eigenvalue weighted by Gasteiger charge is -2.53. The first-order valence-corrected chi connectivity index (χ1v) is 9.28. The molecular weight excluding hydrogens is 387 g/mol. The number of carbonyl (C=O) groups excluding carboxylic acids is 2. The summed E-state index contributed by atoms with van der Waals surface area (Å²) < 4.78 is 44.7. The quantitative estimate of drug-likeness (QED) is 0.272. The summed E-state index contributed by atoms with van der Waals surface area (Å²) in [6.45, 7) is 3.49. The summed E-state index contributed by atoms with van der Waals surface area (Å²) in [6, 6.07) is 6.03. The van der Waals surface area contributed by atoms with Crippen molar-refractivity contribution in [2.75, 3.05) is 31.6 Å². The number of allylic oxidation sites excluding steroid dienone is 1. The topological polar surface area (TPSA) is 71.0 Å². The van der Waals surface area contributed by atoms with Gasteiger partial charge in [-0.25, -0.2) is 0 Å². The fourth-order valence-electron chi connectivity index (χ4n) is 3.66. The minimum absolute atomic E-state index is 0.0788. The summed E-state index contributed by atoms with van der Waals surface area (Å²) in [4.78, 5) is 27.8. The number of benzene rings is 1. The van der Waals surface area contributed by atoms with Crippen molar-refractivity contribution < 1.29 is 27.5 Å². The second kappa shape index (κ2) is 8.36. The number of nitrogens with one attached hydrogen (secondary N) is 1. The Morgan fingerprint density at radius 1 is 1.21 bits per heavy atom. The molecule has 3 rings (SSSR count). The lowest BCUT2D eigenvalue weighted by Crippen LogP contribution is -2.61. The molecular formula is C20H22F3N3O3. The molecule has 6 nitrogen and oxygen atoms in total. The Kier molecular flexibility index (Phi) is 6.07. The molecule has 0 unspecified atom stereocenters. The molecule has 2 aliphatic rings. The van der Waals surface area contributed by atoms with Gasteiger partial charge in [0.25, 0.3) is 5.91 Å². The zero-order chi connectivity index (χ0) is 21.1. The summed E-state index contributed by atoms with van der Waals surface area (Å²) in [5.74, 6) is -1.07. The van der Waals surface area contributed by atoms with E-state index in [2.05, 4.69) is 10.3 Å². The first-order chi connectivity index (χ1) is 13.8. The minimum atomic E-state index is -4.80. The molecule has 9 heteroatoms. The zero-order valence-corrected chi connectivity index (χ0v) is 16.0. The van der Waals surface area contributed by atoms with E-state index in [1.54, 1.807) is 0 Å². The van der Waals surface area contributed by atoms with E-state index in [1.807, 2.05) is 0 Å². The second-order valence-corrected chi connectivity index (χ2v) is 7.27. The third kappa shape index (κ3) is 5.03. The molecule has 2 saturated heterocycles. The van der Waals surface area contributed by atoms with Crippen LogP contribution in [-0.4, -0.2) is 55.5 Å². The van der Waals surface area contributed by atoms with Crippen molar-refractivity contribution in [2.45, 2.75) is 26.1 Å². The van der Waals surface area contributed by atoms with Gasteiger partial charge in [-0.2, -0.15) is 4.99 Å². The molecule has 2 heterocycles. The molecule has 29 heavy (non-hydrogen) atoms. The summed E-state index contributed by atoms with van der Waals surface area (Å²) >= 11 is 0. The van der Waals surface area contributed by atoms with Crippen molar-refractivity contribution >= 4 is 23.7 Å². The number of halogens is 3. The van der Waals surface area contributed by atoms with Crippen LogP contribution in [0.1, 0.15) is 30.1 Å². The highest BCUT2D eigenvalue weighted by molar-refractivity contribution is 6.24. The summed E-state index contributed by atoms with van der Waals surface area (Å²) in [7, 11) is 0. The molecule has 0 radical (unpaired) electrons. The standard InChI is InChI=1S/C20H22F3N3O3/c1-2-16(18(28)24-15-5-3-14(11-27)4-6-15)17(25-20(21,22)23)26-12-19(13-26)7-9-29-10-8-19/h2-6,11H,7-10,12-13H2,1H3,(H,24,28)/b16-2+,25-17?. The van der Waals surface area contributed by atoms with E-state index in [1.165, 1.54) is 42.2 Å². The van der Waals surface area contributed by atoms with E-state index in [0.717, 1.165) is 12.8 Å². The van der Waals surface area contributed by atoms with Crippen LogP contribution in [0.3, 0.4) is 0 Å². The first-order valence-electron chi connectivity index (χ1n) is 9.28. The van der Waals surface area contributed by atoms with Gasteiger partial charge >= 0.3 is 6.30 Å². The highest BCUT2D eigenvalue weighted by Gasteiger charge is 2.47. The molecule has 2 aliphatic heterocycles. The number of alkyl halides is 3. The Morgan fingerprint density at radius 2 is 1.83 bits per heavy atom. The van der Waals surface area contributed by atoms with E-state index in [-0.39, 0.29) is 16.8 Å². The number of amidine groups is 1. The van der Waals surface area contributed by atoms with Crippen LogP contribution in [0.4, 0.5) is 18.9 Å². The Bertz CT molecular complexity index is 818. The van der Waals surface area contributed by atoms with Crippen LogP contribution in [0.15, 0.2) is 40.9 Å². The van der Waals surface area contributed by atoms with Gasteiger partial charge in [0.15, 0.2) is 0 Å². The number of hydrogen-bond donors (Lipinski definition) is 1. The molecule has 1 N–H and O–H groups in total. The van der Waals surface area contributed by atoms with Crippen LogP contribution in [0.2, 0.25) is 0 Å². The number of hydrogen-bond acceptors (Lipinski definition) is 4. The average molecular weight is 409 g/mol. The zero-order valence-electron chi connectivity index (χ0n) is 16.0. The molecule has 1 aromatic rings. The molecule has 2 fully saturated rings. The monoisotopic (exact) mass is 409 g/mol. The van der Waals surface area contributed by atoms with Crippen molar-refractivity contribution in [1.29, 1.82) is 0 Å². The molecule has 1 spiro atoms. The van der Waals surface area contributed by atoms with Crippen LogP contribution in [0.5, 0.6) is 0 Å². The Labute approximate surface area is 166 Å². The fraction of sp³-hybridized carbons (Fsp3) is 0.450. The summed E-state index contributed by atoms with van der Waals surface area (Å²) in [5.41, 5.74) is 0.570. The molecule has 156 valence electrons. The molecule has 0 aromatic heterocycles. The number of anilines is 1. The molecule has 0 bridgehead atoms. The predicted molar refractivity (Wildman–Crippen MR) is 102 cm³/mol. The minimum Gasteiger partial charge on any atom is -0.381 e. The van der Waals surface area contributed by atoms with Gasteiger partial charge < -0.3 is 15.0 Å². The molecule has 0 saturated carbocycles. The maximum atomic E-state index is 13.1. The fourth-order valence-corrected chi connectivity index (χ4v) is 3.66. The smallest absolute Gasteiger partial charge is 0.381 e.